The molecule has 2 heterocycles. The van der Waals surface area contributed by atoms with Gasteiger partial charge in [-0.25, -0.2) is 0 Å². The SMILES string of the molecule is O=C(Nc1ccccc1C(=O)N1CCOCC1)c1ccc([C@@H]2SCC(=O)N2Cc2ccc(Cl)cc2)cc1. The monoisotopic (exact) mass is 535 g/mol. The number of para-hydroxylation sites is 1. The molecule has 1 N–H and O–H groups in total. The molecular weight excluding hydrogens is 510 g/mol. The number of carbonyl (C=O) groups is 3. The van der Waals surface area contributed by atoms with Crippen molar-refractivity contribution in [3.05, 3.63) is 100 Å². The summed E-state index contributed by atoms with van der Waals surface area (Å²) in [7, 11) is 0. The summed E-state index contributed by atoms with van der Waals surface area (Å²) >= 11 is 7.56. The van der Waals surface area contributed by atoms with Crippen LogP contribution in [0.15, 0.2) is 72.8 Å². The highest BCUT2D eigenvalue weighted by atomic mass is 35.5. The van der Waals surface area contributed by atoms with Gasteiger partial charge in [-0.15, -0.1) is 11.8 Å². The van der Waals surface area contributed by atoms with Gasteiger partial charge in [-0.05, 0) is 47.5 Å². The van der Waals surface area contributed by atoms with Crippen molar-refractivity contribution in [3.8, 4) is 0 Å². The molecule has 0 radical (unpaired) electrons. The Morgan fingerprint density at radius 3 is 2.41 bits per heavy atom. The molecule has 2 saturated heterocycles. The molecule has 2 aliphatic rings. The second-order valence-electron chi connectivity index (χ2n) is 8.84. The number of nitrogens with zero attached hydrogens (tertiary/aromatic N) is 2. The number of hydrogen-bond donors (Lipinski definition) is 1. The van der Waals surface area contributed by atoms with Crippen molar-refractivity contribution < 1.29 is 19.1 Å². The third kappa shape index (κ3) is 5.82. The van der Waals surface area contributed by atoms with E-state index < -0.39 is 0 Å². The van der Waals surface area contributed by atoms with Crippen LogP contribution in [0.3, 0.4) is 0 Å². The van der Waals surface area contributed by atoms with Crippen LogP contribution in [0.5, 0.6) is 0 Å². The highest BCUT2D eigenvalue weighted by Gasteiger charge is 2.33. The normalized spacial score (nSPS) is 17.6. The van der Waals surface area contributed by atoms with Gasteiger partial charge in [0.05, 0.1) is 30.2 Å². The highest BCUT2D eigenvalue weighted by Crippen LogP contribution is 2.39. The molecule has 3 amide bonds. The molecule has 9 heteroatoms. The number of anilines is 1. The van der Waals surface area contributed by atoms with Crippen LogP contribution in [0.1, 0.15) is 37.2 Å². The van der Waals surface area contributed by atoms with E-state index in [0.29, 0.717) is 60.4 Å². The van der Waals surface area contributed by atoms with E-state index >= 15 is 0 Å². The minimum absolute atomic E-state index is 0.0771. The second kappa shape index (κ2) is 11.4. The van der Waals surface area contributed by atoms with Crippen LogP contribution in [0, 0.1) is 0 Å². The molecule has 7 nitrogen and oxygen atoms in total. The summed E-state index contributed by atoms with van der Waals surface area (Å²) in [4.78, 5) is 42.2. The average Bonchev–Trinajstić information content (AvgIpc) is 3.30. The highest BCUT2D eigenvalue weighted by molar-refractivity contribution is 8.00. The Hall–Kier alpha value is -3.33. The van der Waals surface area contributed by atoms with Crippen LogP contribution < -0.4 is 5.32 Å². The zero-order valence-electron chi connectivity index (χ0n) is 20.1. The number of benzene rings is 3. The number of ether oxygens (including phenoxy) is 1. The number of nitrogens with one attached hydrogen (secondary N) is 1. The summed E-state index contributed by atoms with van der Waals surface area (Å²) in [5, 5.41) is 3.42. The zero-order chi connectivity index (χ0) is 25.8. The molecule has 2 fully saturated rings. The molecule has 0 unspecified atom stereocenters. The maximum absolute atomic E-state index is 13.0. The van der Waals surface area contributed by atoms with E-state index in [4.69, 9.17) is 16.3 Å². The lowest BCUT2D eigenvalue weighted by molar-refractivity contribution is -0.128. The maximum atomic E-state index is 13.0. The molecule has 190 valence electrons. The number of rotatable bonds is 6. The first-order chi connectivity index (χ1) is 18.0. The molecular formula is C28H26ClN3O4S. The number of halogens is 1. The summed E-state index contributed by atoms with van der Waals surface area (Å²) in [5.74, 6) is 0.0579. The number of morpholine rings is 1. The Morgan fingerprint density at radius 1 is 0.973 bits per heavy atom. The van der Waals surface area contributed by atoms with Crippen molar-refractivity contribution in [3.63, 3.8) is 0 Å². The van der Waals surface area contributed by atoms with Gasteiger partial charge in [0.25, 0.3) is 11.8 Å². The number of amides is 3. The number of carbonyl (C=O) groups excluding carboxylic acids is 3. The molecule has 0 aromatic heterocycles. The van der Waals surface area contributed by atoms with E-state index in [0.717, 1.165) is 11.1 Å². The Morgan fingerprint density at radius 2 is 1.68 bits per heavy atom. The summed E-state index contributed by atoms with van der Waals surface area (Å²) in [5.41, 5.74) is 3.35. The van der Waals surface area contributed by atoms with Crippen LogP contribution >= 0.6 is 23.4 Å². The Bertz CT molecular complexity index is 1290. The van der Waals surface area contributed by atoms with Gasteiger partial charge in [0.15, 0.2) is 0 Å². The van der Waals surface area contributed by atoms with Crippen LogP contribution in [-0.4, -0.2) is 59.6 Å². The van der Waals surface area contributed by atoms with Gasteiger partial charge < -0.3 is 19.9 Å². The van der Waals surface area contributed by atoms with E-state index in [9.17, 15) is 14.4 Å². The molecule has 2 aliphatic heterocycles. The topological polar surface area (TPSA) is 79.0 Å². The third-order valence-corrected chi connectivity index (χ3v) is 7.90. The lowest BCUT2D eigenvalue weighted by atomic mass is 10.1. The third-order valence-electron chi connectivity index (χ3n) is 6.40. The molecule has 1 atom stereocenters. The second-order valence-corrected chi connectivity index (χ2v) is 10.3. The Kier molecular flexibility index (Phi) is 7.79. The predicted molar refractivity (Wildman–Crippen MR) is 145 cm³/mol. The fraction of sp³-hybridized carbons (Fsp3) is 0.250. The summed E-state index contributed by atoms with van der Waals surface area (Å²) in [6.45, 7) is 2.56. The molecule has 0 spiro atoms. The molecule has 5 rings (SSSR count). The van der Waals surface area contributed by atoms with Gasteiger partial charge >= 0.3 is 0 Å². The van der Waals surface area contributed by atoms with E-state index in [2.05, 4.69) is 5.32 Å². The van der Waals surface area contributed by atoms with Crippen molar-refractivity contribution >= 4 is 46.8 Å². The Labute approximate surface area is 224 Å². The first kappa shape index (κ1) is 25.3. The predicted octanol–water partition coefficient (Wildman–Crippen LogP) is 4.84. The lowest BCUT2D eigenvalue weighted by Gasteiger charge is -2.27. The Balaban J connectivity index is 1.28. The smallest absolute Gasteiger partial charge is 0.256 e. The fourth-order valence-corrected chi connectivity index (χ4v) is 5.71. The van der Waals surface area contributed by atoms with Gasteiger partial charge in [0.1, 0.15) is 5.37 Å². The summed E-state index contributed by atoms with van der Waals surface area (Å²) in [6, 6.07) is 21.8. The number of thioether (sulfide) groups is 1. The van der Waals surface area contributed by atoms with Crippen molar-refractivity contribution in [2.24, 2.45) is 0 Å². The molecule has 0 aliphatic carbocycles. The minimum Gasteiger partial charge on any atom is -0.378 e. The molecule has 3 aromatic carbocycles. The average molecular weight is 536 g/mol. The minimum atomic E-state index is -0.304. The first-order valence-corrected chi connectivity index (χ1v) is 13.4. The quantitative estimate of drug-likeness (QED) is 0.489. The van der Waals surface area contributed by atoms with Crippen LogP contribution in [0.25, 0.3) is 0 Å². The summed E-state index contributed by atoms with van der Waals surface area (Å²) in [6.07, 6.45) is 0. The van der Waals surface area contributed by atoms with Gasteiger partial charge in [0.2, 0.25) is 5.91 Å². The maximum Gasteiger partial charge on any atom is 0.256 e. The zero-order valence-corrected chi connectivity index (χ0v) is 21.6. The van der Waals surface area contributed by atoms with Crippen LogP contribution in [0.4, 0.5) is 5.69 Å². The standard InChI is InChI=1S/C28H26ClN3O4S/c29-22-11-5-19(6-12-22)17-32-25(33)18-37-28(32)21-9-7-20(8-10-21)26(34)30-24-4-2-1-3-23(24)27(35)31-13-15-36-16-14-31/h1-12,28H,13-18H2,(H,30,34)/t28-/m0/s1. The lowest BCUT2D eigenvalue weighted by Crippen LogP contribution is -2.41. The van der Waals surface area contributed by atoms with Crippen molar-refractivity contribution in [2.75, 3.05) is 37.4 Å². The van der Waals surface area contributed by atoms with E-state index in [1.807, 2.05) is 41.3 Å². The van der Waals surface area contributed by atoms with E-state index in [1.54, 1.807) is 53.1 Å². The fourth-order valence-electron chi connectivity index (χ4n) is 4.40. The summed E-state index contributed by atoms with van der Waals surface area (Å²) < 4.78 is 5.34. The van der Waals surface area contributed by atoms with Crippen LogP contribution in [-0.2, 0) is 16.1 Å². The largest absolute Gasteiger partial charge is 0.378 e. The molecule has 37 heavy (non-hydrogen) atoms. The molecule has 3 aromatic rings. The van der Waals surface area contributed by atoms with Crippen molar-refractivity contribution in [1.29, 1.82) is 0 Å². The van der Waals surface area contributed by atoms with Gasteiger partial charge in [-0.3, -0.25) is 14.4 Å². The van der Waals surface area contributed by atoms with E-state index in [-0.39, 0.29) is 23.1 Å². The number of hydrogen-bond acceptors (Lipinski definition) is 5. The molecule has 0 bridgehead atoms. The van der Waals surface area contributed by atoms with Crippen molar-refractivity contribution in [2.45, 2.75) is 11.9 Å². The first-order valence-electron chi connectivity index (χ1n) is 12.0. The van der Waals surface area contributed by atoms with Gasteiger partial charge in [-0.1, -0.05) is 48.0 Å². The van der Waals surface area contributed by atoms with Gasteiger partial charge in [-0.2, -0.15) is 0 Å². The van der Waals surface area contributed by atoms with Gasteiger partial charge in [0, 0.05) is 30.2 Å². The van der Waals surface area contributed by atoms with Crippen LogP contribution in [0.2, 0.25) is 5.02 Å². The van der Waals surface area contributed by atoms with Crippen molar-refractivity contribution in [1.82, 2.24) is 9.80 Å². The van der Waals surface area contributed by atoms with E-state index in [1.165, 1.54) is 0 Å². The molecule has 0 saturated carbocycles.